The van der Waals surface area contributed by atoms with Gasteiger partial charge in [0.15, 0.2) is 11.6 Å². The molecule has 0 aliphatic rings. The number of thiophene rings is 1. The molecule has 230 valence electrons. The van der Waals surface area contributed by atoms with Crippen molar-refractivity contribution in [2.24, 2.45) is 5.92 Å². The number of amides is 1. The van der Waals surface area contributed by atoms with Gasteiger partial charge in [0.25, 0.3) is 0 Å². The Labute approximate surface area is 265 Å². The zero-order valence-electron chi connectivity index (χ0n) is 25.6. The summed E-state index contributed by atoms with van der Waals surface area (Å²) in [6.07, 6.45) is 3.55. The number of ketones is 1. The number of aliphatic carboxylic acids is 1. The molecule has 2 aromatic heterocycles. The van der Waals surface area contributed by atoms with E-state index in [1.54, 1.807) is 24.5 Å². The lowest BCUT2D eigenvalue weighted by Gasteiger charge is -2.18. The Bertz CT molecular complexity index is 1860. The molecule has 0 saturated heterocycles. The van der Waals surface area contributed by atoms with Gasteiger partial charge in [-0.05, 0) is 59.4 Å². The topological polar surface area (TPSA) is 129 Å². The SMILES string of the molecule is C[C@@H](NC(=O)[C@@H](CC(=O)c1ccc(C(C)(C)C)s1)Cc1ccc(-c2ncc(-c3cc4ccccc4cc3O)cn2)cc1)C(=O)O. The van der Waals surface area contributed by atoms with Gasteiger partial charge in [-0.1, -0.05) is 69.3 Å². The third kappa shape index (κ3) is 7.44. The number of aromatic nitrogens is 2. The lowest BCUT2D eigenvalue weighted by atomic mass is 9.92. The molecule has 3 aromatic carbocycles. The summed E-state index contributed by atoms with van der Waals surface area (Å²) in [4.78, 5) is 48.5. The first kappa shape index (κ1) is 31.5. The highest BCUT2D eigenvalue weighted by Gasteiger charge is 2.27. The van der Waals surface area contributed by atoms with E-state index in [1.807, 2.05) is 60.7 Å². The second-order valence-corrected chi connectivity index (χ2v) is 13.3. The number of hydrogen-bond acceptors (Lipinski definition) is 7. The monoisotopic (exact) mass is 621 g/mol. The number of fused-ring (bicyclic) bond motifs is 1. The van der Waals surface area contributed by atoms with Crippen LogP contribution in [0.1, 0.15) is 54.2 Å². The number of phenols is 1. The number of carbonyl (C=O) groups excluding carboxylic acids is 2. The highest BCUT2D eigenvalue weighted by atomic mass is 32.1. The van der Waals surface area contributed by atoms with Crippen molar-refractivity contribution in [3.8, 4) is 28.3 Å². The second kappa shape index (κ2) is 13.0. The number of nitrogens with zero attached hydrogens (tertiary/aromatic N) is 2. The first-order chi connectivity index (χ1) is 21.4. The van der Waals surface area contributed by atoms with Gasteiger partial charge in [-0.2, -0.15) is 0 Å². The van der Waals surface area contributed by atoms with E-state index in [9.17, 15) is 24.6 Å². The van der Waals surface area contributed by atoms with Crippen molar-refractivity contribution in [3.63, 3.8) is 0 Å². The summed E-state index contributed by atoms with van der Waals surface area (Å²) >= 11 is 1.42. The number of hydrogen-bond donors (Lipinski definition) is 3. The summed E-state index contributed by atoms with van der Waals surface area (Å²) in [5.41, 5.74) is 2.81. The molecule has 0 bridgehead atoms. The highest BCUT2D eigenvalue weighted by Crippen LogP contribution is 2.34. The molecule has 5 aromatic rings. The standard InChI is InChI=1S/C36H35N3O5S/c1-21(35(43)44)39-34(42)26(18-30(41)31-13-14-32(45-31)36(2,3)4)15-22-9-11-23(12-10-22)33-37-19-27(20-38-33)28-16-24-7-5-6-8-25(24)17-29(28)40/h5-14,16-17,19-21,26,40H,15,18H2,1-4H3,(H,39,42)(H,43,44)/t21-,26-/m1/s1. The Morgan fingerprint density at radius 3 is 2.13 bits per heavy atom. The fraction of sp³-hybridized carbons (Fsp3) is 0.250. The largest absolute Gasteiger partial charge is 0.507 e. The molecule has 0 fully saturated rings. The van der Waals surface area contributed by atoms with Crippen LogP contribution in [0.5, 0.6) is 5.75 Å². The van der Waals surface area contributed by atoms with Gasteiger partial charge in [0, 0.05) is 46.3 Å². The molecule has 0 aliphatic carbocycles. The van der Waals surface area contributed by atoms with Crippen molar-refractivity contribution in [2.75, 3.05) is 0 Å². The van der Waals surface area contributed by atoms with Crippen LogP contribution in [0.4, 0.5) is 0 Å². The van der Waals surface area contributed by atoms with Crippen LogP contribution >= 0.6 is 11.3 Å². The molecular weight excluding hydrogens is 586 g/mol. The minimum absolute atomic E-state index is 0.0454. The number of rotatable bonds is 10. The van der Waals surface area contributed by atoms with Gasteiger partial charge in [0.1, 0.15) is 11.8 Å². The van der Waals surface area contributed by atoms with E-state index in [1.165, 1.54) is 18.3 Å². The summed E-state index contributed by atoms with van der Waals surface area (Å²) in [5, 5.41) is 24.4. The first-order valence-electron chi connectivity index (χ1n) is 14.7. The van der Waals surface area contributed by atoms with Gasteiger partial charge in [-0.3, -0.25) is 14.4 Å². The molecule has 0 unspecified atom stereocenters. The second-order valence-electron chi connectivity index (χ2n) is 12.2. The molecule has 2 atom stereocenters. The molecule has 5 rings (SSSR count). The van der Waals surface area contributed by atoms with E-state index in [2.05, 4.69) is 36.1 Å². The van der Waals surface area contributed by atoms with Gasteiger partial charge in [-0.15, -0.1) is 11.3 Å². The fourth-order valence-electron chi connectivity index (χ4n) is 5.02. The summed E-state index contributed by atoms with van der Waals surface area (Å²) in [6.45, 7) is 7.63. The average Bonchev–Trinajstić information content (AvgIpc) is 3.53. The van der Waals surface area contributed by atoms with Crippen molar-refractivity contribution >= 4 is 39.8 Å². The van der Waals surface area contributed by atoms with E-state index < -0.39 is 23.8 Å². The third-order valence-corrected chi connectivity index (χ3v) is 9.22. The normalized spacial score (nSPS) is 12.9. The number of aromatic hydroxyl groups is 1. The Hall–Kier alpha value is -4.89. The molecule has 0 radical (unpaired) electrons. The predicted octanol–water partition coefficient (Wildman–Crippen LogP) is 7.05. The van der Waals surface area contributed by atoms with Crippen molar-refractivity contribution in [2.45, 2.75) is 52.0 Å². The smallest absolute Gasteiger partial charge is 0.325 e. The number of carboxylic acid groups (broad SMARTS) is 1. The van der Waals surface area contributed by atoms with Crippen molar-refractivity contribution in [1.82, 2.24) is 15.3 Å². The van der Waals surface area contributed by atoms with Gasteiger partial charge in [0.05, 0.1) is 4.88 Å². The van der Waals surface area contributed by atoms with E-state index >= 15 is 0 Å². The number of benzene rings is 3. The van der Waals surface area contributed by atoms with Crippen molar-refractivity contribution < 1.29 is 24.6 Å². The number of carboxylic acids is 1. The van der Waals surface area contributed by atoms with Crippen LogP contribution in [-0.2, 0) is 21.4 Å². The Balaban J connectivity index is 1.32. The maximum Gasteiger partial charge on any atom is 0.325 e. The molecule has 0 aliphatic heterocycles. The fourth-order valence-corrected chi connectivity index (χ4v) is 6.03. The molecule has 0 saturated carbocycles. The van der Waals surface area contributed by atoms with E-state index in [0.29, 0.717) is 21.8 Å². The first-order valence-corrected chi connectivity index (χ1v) is 15.5. The minimum atomic E-state index is -1.15. The Morgan fingerprint density at radius 2 is 1.53 bits per heavy atom. The van der Waals surface area contributed by atoms with Crippen LogP contribution in [0.25, 0.3) is 33.3 Å². The quantitative estimate of drug-likeness (QED) is 0.143. The summed E-state index contributed by atoms with van der Waals surface area (Å²) in [7, 11) is 0. The Morgan fingerprint density at radius 1 is 0.889 bits per heavy atom. The molecule has 45 heavy (non-hydrogen) atoms. The maximum absolute atomic E-state index is 13.2. The number of Topliss-reactive ketones (excluding diaryl/α,β-unsaturated/α-hetero) is 1. The van der Waals surface area contributed by atoms with Crippen LogP contribution in [0.3, 0.4) is 0 Å². The Kier molecular flexibility index (Phi) is 9.11. The molecule has 3 N–H and O–H groups in total. The molecule has 1 amide bonds. The third-order valence-electron chi connectivity index (χ3n) is 7.67. The molecule has 2 heterocycles. The van der Waals surface area contributed by atoms with Gasteiger partial charge < -0.3 is 15.5 Å². The molecule has 0 spiro atoms. The lowest BCUT2D eigenvalue weighted by molar-refractivity contribution is -0.141. The van der Waals surface area contributed by atoms with Gasteiger partial charge in [-0.25, -0.2) is 9.97 Å². The lowest BCUT2D eigenvalue weighted by Crippen LogP contribution is -2.42. The zero-order valence-corrected chi connectivity index (χ0v) is 26.4. The summed E-state index contributed by atoms with van der Waals surface area (Å²) < 4.78 is 0. The molecular formula is C36H35N3O5S. The van der Waals surface area contributed by atoms with E-state index in [0.717, 1.165) is 26.8 Å². The average molecular weight is 622 g/mol. The van der Waals surface area contributed by atoms with Gasteiger partial charge in [0.2, 0.25) is 5.91 Å². The van der Waals surface area contributed by atoms with Crippen LogP contribution in [0.2, 0.25) is 0 Å². The molecule has 8 nitrogen and oxygen atoms in total. The van der Waals surface area contributed by atoms with Crippen LogP contribution in [-0.4, -0.2) is 43.9 Å². The number of nitrogens with one attached hydrogen (secondary N) is 1. The predicted molar refractivity (Wildman–Crippen MR) is 176 cm³/mol. The molecule has 9 heteroatoms. The number of phenolic OH excluding ortho intramolecular Hbond substituents is 1. The van der Waals surface area contributed by atoms with Gasteiger partial charge >= 0.3 is 5.97 Å². The van der Waals surface area contributed by atoms with Crippen LogP contribution in [0, 0.1) is 5.92 Å². The van der Waals surface area contributed by atoms with Crippen LogP contribution < -0.4 is 5.32 Å². The van der Waals surface area contributed by atoms with E-state index in [4.69, 9.17) is 0 Å². The highest BCUT2D eigenvalue weighted by molar-refractivity contribution is 7.14. The summed E-state index contributed by atoms with van der Waals surface area (Å²) in [6, 6.07) is 21.5. The van der Waals surface area contributed by atoms with E-state index in [-0.39, 0.29) is 29.8 Å². The van der Waals surface area contributed by atoms with Crippen molar-refractivity contribution in [1.29, 1.82) is 0 Å². The summed E-state index contributed by atoms with van der Waals surface area (Å²) in [5.74, 6) is -1.88. The minimum Gasteiger partial charge on any atom is -0.507 e. The number of carbonyl (C=O) groups is 3. The van der Waals surface area contributed by atoms with Crippen molar-refractivity contribution in [3.05, 3.63) is 101 Å². The maximum atomic E-state index is 13.2. The van der Waals surface area contributed by atoms with Crippen LogP contribution in [0.15, 0.2) is 85.2 Å². The zero-order chi connectivity index (χ0) is 32.3.